The molecule has 0 bridgehead atoms. The van der Waals surface area contributed by atoms with Crippen LogP contribution in [0.3, 0.4) is 0 Å². The van der Waals surface area contributed by atoms with Crippen LogP contribution in [0.2, 0.25) is 0 Å². The van der Waals surface area contributed by atoms with E-state index in [-0.39, 0.29) is 17.4 Å². The average molecular weight is 281 g/mol. The molecule has 1 aromatic rings. The fraction of sp³-hybridized carbons (Fsp3) is 0.600. The molecule has 0 aliphatic rings. The van der Waals surface area contributed by atoms with Gasteiger partial charge in [-0.3, -0.25) is 0 Å². The summed E-state index contributed by atoms with van der Waals surface area (Å²) in [6.45, 7) is 0. The lowest BCUT2D eigenvalue weighted by Gasteiger charge is -1.98. The van der Waals surface area contributed by atoms with Gasteiger partial charge in [-0.25, -0.2) is 8.42 Å². The molecular formula is C5H4ClF3N2O2S2. The van der Waals surface area contributed by atoms with Gasteiger partial charge in [0.25, 0.3) is 0 Å². The van der Waals surface area contributed by atoms with Crippen molar-refractivity contribution < 1.29 is 21.6 Å². The molecule has 1 rings (SSSR count). The summed E-state index contributed by atoms with van der Waals surface area (Å²) in [5.41, 5.74) is 0. The molecule has 1 heterocycles. The van der Waals surface area contributed by atoms with E-state index in [0.717, 1.165) is 0 Å². The summed E-state index contributed by atoms with van der Waals surface area (Å²) in [4.78, 5) is 2.91. The number of halogens is 4. The minimum atomic E-state index is -4.73. The first-order valence-corrected chi connectivity index (χ1v) is 6.43. The van der Waals surface area contributed by atoms with E-state index in [0.29, 0.717) is 0 Å². The zero-order chi connectivity index (χ0) is 11.7. The molecule has 0 atom stereocenters. The van der Waals surface area contributed by atoms with Gasteiger partial charge in [0.2, 0.25) is 20.0 Å². The molecule has 0 unspecified atom stereocenters. The fourth-order valence-corrected chi connectivity index (χ4v) is 3.10. The van der Waals surface area contributed by atoms with E-state index in [4.69, 9.17) is 11.6 Å². The highest BCUT2D eigenvalue weighted by molar-refractivity contribution is 7.93. The summed E-state index contributed by atoms with van der Waals surface area (Å²) in [5, 5.41) is 0. The largest absolute Gasteiger partial charge is 0.452 e. The first-order chi connectivity index (χ1) is 6.77. The lowest BCUT2D eigenvalue weighted by Crippen LogP contribution is -2.10. The number of aromatic nitrogens is 2. The Bertz CT molecular complexity index is 441. The molecule has 0 N–H and O–H groups in total. The molecule has 0 saturated heterocycles. The Kier molecular flexibility index (Phi) is 3.56. The van der Waals surface area contributed by atoms with Gasteiger partial charge in [-0.05, 0) is 11.5 Å². The van der Waals surface area contributed by atoms with E-state index in [2.05, 4.69) is 9.36 Å². The third kappa shape index (κ3) is 3.02. The van der Waals surface area contributed by atoms with Crippen LogP contribution in [0.15, 0.2) is 4.34 Å². The third-order valence-electron chi connectivity index (χ3n) is 1.27. The monoisotopic (exact) mass is 280 g/mol. The average Bonchev–Trinajstić information content (AvgIpc) is 2.50. The van der Waals surface area contributed by atoms with Crippen molar-refractivity contribution in [2.75, 3.05) is 11.6 Å². The Labute approximate surface area is 92.2 Å². The maximum Gasteiger partial charge on any atom is 0.452 e. The number of alkyl halides is 4. The van der Waals surface area contributed by atoms with Crippen molar-refractivity contribution in [2.24, 2.45) is 0 Å². The molecule has 0 aliphatic carbocycles. The van der Waals surface area contributed by atoms with Gasteiger partial charge in [-0.2, -0.15) is 22.5 Å². The summed E-state index contributed by atoms with van der Waals surface area (Å²) in [6, 6.07) is 0. The van der Waals surface area contributed by atoms with Gasteiger partial charge in [-0.1, -0.05) is 0 Å². The van der Waals surface area contributed by atoms with E-state index in [1.165, 1.54) is 0 Å². The second-order valence-corrected chi connectivity index (χ2v) is 5.80. The summed E-state index contributed by atoms with van der Waals surface area (Å²) in [7, 11) is -3.84. The molecule has 0 aliphatic heterocycles. The van der Waals surface area contributed by atoms with E-state index < -0.39 is 31.9 Å². The number of rotatable bonds is 3. The van der Waals surface area contributed by atoms with Crippen LogP contribution in [-0.2, 0) is 16.0 Å². The van der Waals surface area contributed by atoms with Crippen LogP contribution < -0.4 is 0 Å². The van der Waals surface area contributed by atoms with Gasteiger partial charge in [-0.15, -0.1) is 11.6 Å². The maximum absolute atomic E-state index is 12.0. The van der Waals surface area contributed by atoms with Gasteiger partial charge in [0.15, 0.2) is 0 Å². The quantitative estimate of drug-likeness (QED) is 0.789. The Morgan fingerprint density at radius 2 is 2.00 bits per heavy atom. The predicted octanol–water partition coefficient (Wildman–Crippen LogP) is 1.57. The van der Waals surface area contributed by atoms with Crippen molar-refractivity contribution in [1.82, 2.24) is 9.36 Å². The van der Waals surface area contributed by atoms with Gasteiger partial charge in [0, 0.05) is 5.88 Å². The molecule has 10 heteroatoms. The molecule has 0 aromatic carbocycles. The van der Waals surface area contributed by atoms with Gasteiger partial charge < -0.3 is 0 Å². The highest BCUT2D eigenvalue weighted by atomic mass is 35.5. The van der Waals surface area contributed by atoms with Crippen molar-refractivity contribution in [3.63, 3.8) is 0 Å². The van der Waals surface area contributed by atoms with Gasteiger partial charge in [0.1, 0.15) is 0 Å². The SMILES string of the molecule is O=S(=O)(CCCl)c1nc(C(F)(F)F)ns1. The first kappa shape index (κ1) is 12.7. The smallest absolute Gasteiger partial charge is 0.221 e. The fourth-order valence-electron chi connectivity index (χ4n) is 0.640. The highest BCUT2D eigenvalue weighted by Crippen LogP contribution is 2.28. The summed E-state index contributed by atoms with van der Waals surface area (Å²) in [5.74, 6) is -2.11. The zero-order valence-corrected chi connectivity index (χ0v) is 9.34. The van der Waals surface area contributed by atoms with Crippen LogP contribution in [0, 0.1) is 0 Å². The molecule has 0 saturated carbocycles. The van der Waals surface area contributed by atoms with E-state index in [9.17, 15) is 21.6 Å². The molecule has 86 valence electrons. The van der Waals surface area contributed by atoms with Crippen LogP contribution >= 0.6 is 23.1 Å². The summed E-state index contributed by atoms with van der Waals surface area (Å²) in [6.07, 6.45) is -4.73. The van der Waals surface area contributed by atoms with Gasteiger partial charge in [0.05, 0.1) is 5.75 Å². The van der Waals surface area contributed by atoms with E-state index in [1.807, 2.05) is 0 Å². The zero-order valence-electron chi connectivity index (χ0n) is 6.95. The second kappa shape index (κ2) is 4.22. The Hall–Kier alpha value is -0.410. The summed E-state index contributed by atoms with van der Waals surface area (Å²) < 4.78 is 60.8. The Balaban J connectivity index is 3.05. The molecule has 0 spiro atoms. The lowest BCUT2D eigenvalue weighted by atomic mass is 10.6. The number of sulfone groups is 1. The highest BCUT2D eigenvalue weighted by Gasteiger charge is 2.37. The molecule has 4 nitrogen and oxygen atoms in total. The number of hydrogen-bond donors (Lipinski definition) is 0. The van der Waals surface area contributed by atoms with E-state index in [1.54, 1.807) is 0 Å². The maximum atomic E-state index is 12.0. The minimum Gasteiger partial charge on any atom is -0.221 e. The van der Waals surface area contributed by atoms with Crippen molar-refractivity contribution >= 4 is 33.0 Å². The molecule has 0 radical (unpaired) electrons. The normalized spacial score (nSPS) is 13.1. The van der Waals surface area contributed by atoms with Crippen LogP contribution in [0.5, 0.6) is 0 Å². The Morgan fingerprint density at radius 1 is 1.40 bits per heavy atom. The van der Waals surface area contributed by atoms with Gasteiger partial charge >= 0.3 is 6.18 Å². The number of hydrogen-bond acceptors (Lipinski definition) is 5. The van der Waals surface area contributed by atoms with Crippen molar-refractivity contribution in [3.8, 4) is 0 Å². The van der Waals surface area contributed by atoms with E-state index >= 15 is 0 Å². The molecule has 1 aromatic heterocycles. The molecule has 0 fully saturated rings. The minimum absolute atomic E-state index is 0.196. The molecule has 15 heavy (non-hydrogen) atoms. The predicted molar refractivity (Wildman–Crippen MR) is 47.7 cm³/mol. The van der Waals surface area contributed by atoms with Crippen LogP contribution in [-0.4, -0.2) is 29.4 Å². The van der Waals surface area contributed by atoms with Crippen LogP contribution in [0.1, 0.15) is 5.82 Å². The standard InChI is InChI=1S/C5H4ClF3N2O2S2/c6-1-2-15(12,13)4-10-3(11-14-4)5(7,8)9/h1-2H2. The third-order valence-corrected chi connectivity index (χ3v) is 4.55. The topological polar surface area (TPSA) is 59.9 Å². The molecule has 0 amide bonds. The van der Waals surface area contributed by atoms with Crippen molar-refractivity contribution in [3.05, 3.63) is 5.82 Å². The molecular weight excluding hydrogens is 277 g/mol. The second-order valence-electron chi connectivity index (χ2n) is 2.39. The van der Waals surface area contributed by atoms with Crippen molar-refractivity contribution in [1.29, 1.82) is 0 Å². The van der Waals surface area contributed by atoms with Crippen LogP contribution in [0.4, 0.5) is 13.2 Å². The summed E-state index contributed by atoms with van der Waals surface area (Å²) >= 11 is 5.38. The lowest BCUT2D eigenvalue weighted by molar-refractivity contribution is -0.144. The van der Waals surface area contributed by atoms with Crippen LogP contribution in [0.25, 0.3) is 0 Å². The number of nitrogens with zero attached hydrogens (tertiary/aromatic N) is 2. The van der Waals surface area contributed by atoms with Crippen molar-refractivity contribution in [2.45, 2.75) is 10.5 Å². The first-order valence-electron chi connectivity index (χ1n) is 3.47. The Morgan fingerprint density at radius 3 is 2.40 bits per heavy atom.